The maximum atomic E-state index is 13.7. The van der Waals surface area contributed by atoms with Gasteiger partial charge in [0.05, 0.1) is 13.1 Å². The van der Waals surface area contributed by atoms with Crippen LogP contribution in [0.4, 0.5) is 13.9 Å². The summed E-state index contributed by atoms with van der Waals surface area (Å²) >= 11 is 1.25. The van der Waals surface area contributed by atoms with Gasteiger partial charge in [-0.2, -0.15) is 0 Å². The Balaban J connectivity index is 1.68. The van der Waals surface area contributed by atoms with Gasteiger partial charge in [-0.05, 0) is 44.4 Å². The molecule has 174 valence electrons. The number of piperidine rings is 1. The Morgan fingerprint density at radius 3 is 2.59 bits per heavy atom. The van der Waals surface area contributed by atoms with E-state index in [-0.39, 0.29) is 37.5 Å². The van der Waals surface area contributed by atoms with Crippen LogP contribution in [0.1, 0.15) is 43.6 Å². The third-order valence-electron chi connectivity index (χ3n) is 5.79. The molecule has 0 bridgehead atoms. The Kier molecular flexibility index (Phi) is 8.14. The average Bonchev–Trinajstić information content (AvgIpc) is 3.16. The molecule has 2 aromatic rings. The maximum absolute atomic E-state index is 13.7. The molecule has 0 spiro atoms. The second-order valence-corrected chi connectivity index (χ2v) is 9.40. The van der Waals surface area contributed by atoms with Crippen LogP contribution >= 0.6 is 11.3 Å². The molecule has 2 heterocycles. The fraction of sp³-hybridized carbons (Fsp3) is 0.500. The summed E-state index contributed by atoms with van der Waals surface area (Å²) in [4.78, 5) is 32.5. The van der Waals surface area contributed by atoms with Crippen molar-refractivity contribution in [1.29, 1.82) is 0 Å². The SMILES string of the molecule is CC1CCCC(C)N1CC(=O)N[C@@H](Cc1ccc(F)c(F)c1)C(=O)NCc1cnc(N)s1. The highest BCUT2D eigenvalue weighted by Crippen LogP contribution is 2.22. The second kappa shape index (κ2) is 10.8. The first-order valence-corrected chi connectivity index (χ1v) is 11.5. The van der Waals surface area contributed by atoms with Crippen molar-refractivity contribution in [2.45, 2.75) is 64.2 Å². The Hall–Kier alpha value is -2.59. The Morgan fingerprint density at radius 1 is 1.25 bits per heavy atom. The van der Waals surface area contributed by atoms with Crippen LogP contribution in [0, 0.1) is 11.6 Å². The van der Waals surface area contributed by atoms with Gasteiger partial charge in [-0.1, -0.05) is 12.5 Å². The number of aromatic nitrogens is 1. The van der Waals surface area contributed by atoms with Crippen molar-refractivity contribution in [3.8, 4) is 0 Å². The summed E-state index contributed by atoms with van der Waals surface area (Å²) in [6.07, 6.45) is 4.78. The van der Waals surface area contributed by atoms with Crippen molar-refractivity contribution in [3.05, 3.63) is 46.5 Å². The van der Waals surface area contributed by atoms with Gasteiger partial charge in [0.2, 0.25) is 11.8 Å². The number of hydrogen-bond donors (Lipinski definition) is 3. The second-order valence-electron chi connectivity index (χ2n) is 8.26. The third kappa shape index (κ3) is 6.46. The molecule has 2 unspecified atom stereocenters. The lowest BCUT2D eigenvalue weighted by Gasteiger charge is -2.38. The maximum Gasteiger partial charge on any atom is 0.243 e. The number of carbonyl (C=O) groups excluding carboxylic acids is 2. The van der Waals surface area contributed by atoms with Gasteiger partial charge in [-0.15, -0.1) is 11.3 Å². The highest BCUT2D eigenvalue weighted by Gasteiger charge is 2.28. The number of halogens is 2. The predicted molar refractivity (Wildman–Crippen MR) is 120 cm³/mol. The summed E-state index contributed by atoms with van der Waals surface area (Å²) in [6, 6.07) is 3.08. The molecule has 4 N–H and O–H groups in total. The van der Waals surface area contributed by atoms with E-state index in [0.717, 1.165) is 36.3 Å². The van der Waals surface area contributed by atoms with E-state index < -0.39 is 23.6 Å². The van der Waals surface area contributed by atoms with Gasteiger partial charge in [-0.25, -0.2) is 13.8 Å². The number of thiazole rings is 1. The first kappa shape index (κ1) is 24.1. The number of benzene rings is 1. The number of hydrogen-bond acceptors (Lipinski definition) is 6. The molecule has 1 aliphatic rings. The topological polar surface area (TPSA) is 100 Å². The average molecular weight is 466 g/mol. The van der Waals surface area contributed by atoms with Crippen LogP contribution in [-0.2, 0) is 22.6 Å². The van der Waals surface area contributed by atoms with E-state index in [1.807, 2.05) is 0 Å². The van der Waals surface area contributed by atoms with Crippen LogP contribution < -0.4 is 16.4 Å². The normalized spacial score (nSPS) is 20.0. The first-order valence-electron chi connectivity index (χ1n) is 10.7. The monoisotopic (exact) mass is 465 g/mol. The van der Waals surface area contributed by atoms with E-state index in [4.69, 9.17) is 5.73 Å². The van der Waals surface area contributed by atoms with E-state index in [0.29, 0.717) is 10.7 Å². The molecule has 32 heavy (non-hydrogen) atoms. The molecule has 1 saturated heterocycles. The van der Waals surface area contributed by atoms with E-state index in [2.05, 4.69) is 34.4 Å². The van der Waals surface area contributed by atoms with E-state index in [9.17, 15) is 18.4 Å². The summed E-state index contributed by atoms with van der Waals surface area (Å²) in [5.74, 6) is -2.66. The number of carbonyl (C=O) groups is 2. The van der Waals surface area contributed by atoms with Crippen LogP contribution in [-0.4, -0.2) is 46.4 Å². The number of anilines is 1. The summed E-state index contributed by atoms with van der Waals surface area (Å²) in [7, 11) is 0. The number of nitrogen functional groups attached to an aromatic ring is 1. The lowest BCUT2D eigenvalue weighted by molar-refractivity contribution is -0.130. The summed E-state index contributed by atoms with van der Waals surface area (Å²) in [5.41, 5.74) is 6.03. The minimum absolute atomic E-state index is 0.0325. The highest BCUT2D eigenvalue weighted by atomic mass is 32.1. The van der Waals surface area contributed by atoms with Crippen LogP contribution in [0.5, 0.6) is 0 Å². The predicted octanol–water partition coefficient (Wildman–Crippen LogP) is 2.61. The van der Waals surface area contributed by atoms with Crippen LogP contribution in [0.3, 0.4) is 0 Å². The Morgan fingerprint density at radius 2 is 1.97 bits per heavy atom. The molecular formula is C22H29F2N5O2S. The molecule has 7 nitrogen and oxygen atoms in total. The molecule has 0 saturated carbocycles. The number of rotatable bonds is 8. The largest absolute Gasteiger partial charge is 0.375 e. The highest BCUT2D eigenvalue weighted by molar-refractivity contribution is 7.15. The molecule has 1 aromatic heterocycles. The van der Waals surface area contributed by atoms with Crippen molar-refractivity contribution in [2.24, 2.45) is 0 Å². The van der Waals surface area contributed by atoms with E-state index >= 15 is 0 Å². The lowest BCUT2D eigenvalue weighted by Crippen LogP contribution is -2.53. The van der Waals surface area contributed by atoms with Gasteiger partial charge < -0.3 is 16.4 Å². The fourth-order valence-electron chi connectivity index (χ4n) is 4.01. The van der Waals surface area contributed by atoms with Gasteiger partial charge in [0.15, 0.2) is 16.8 Å². The van der Waals surface area contributed by atoms with E-state index in [1.54, 1.807) is 6.20 Å². The quantitative estimate of drug-likeness (QED) is 0.557. The van der Waals surface area contributed by atoms with E-state index in [1.165, 1.54) is 17.4 Å². The summed E-state index contributed by atoms with van der Waals surface area (Å²) in [5, 5.41) is 5.94. The van der Waals surface area contributed by atoms with Crippen LogP contribution in [0.2, 0.25) is 0 Å². The minimum Gasteiger partial charge on any atom is -0.375 e. The van der Waals surface area contributed by atoms with Crippen LogP contribution in [0.25, 0.3) is 0 Å². The number of amides is 2. The van der Waals surface area contributed by atoms with Gasteiger partial charge in [0, 0.05) is 29.6 Å². The van der Waals surface area contributed by atoms with Gasteiger partial charge in [-0.3, -0.25) is 14.5 Å². The van der Waals surface area contributed by atoms with Crippen molar-refractivity contribution < 1.29 is 18.4 Å². The number of likely N-dealkylation sites (tertiary alicyclic amines) is 1. The van der Waals surface area contributed by atoms with Crippen molar-refractivity contribution in [1.82, 2.24) is 20.5 Å². The molecule has 2 amide bonds. The van der Waals surface area contributed by atoms with Crippen molar-refractivity contribution in [2.75, 3.05) is 12.3 Å². The van der Waals surface area contributed by atoms with Gasteiger partial charge in [0.1, 0.15) is 6.04 Å². The van der Waals surface area contributed by atoms with Gasteiger partial charge in [0.25, 0.3) is 0 Å². The van der Waals surface area contributed by atoms with Crippen molar-refractivity contribution in [3.63, 3.8) is 0 Å². The van der Waals surface area contributed by atoms with Crippen molar-refractivity contribution >= 4 is 28.3 Å². The lowest BCUT2D eigenvalue weighted by atomic mass is 9.97. The standard InChI is InChI=1S/C22H29F2N5O2S/c1-13-4-3-5-14(2)29(13)12-20(30)28-19(9-15-6-7-17(23)18(24)8-15)21(31)26-10-16-11-27-22(25)32-16/h6-8,11,13-14,19H,3-5,9-10,12H2,1-2H3,(H2,25,27)(H,26,31)(H,28,30)/t13?,14?,19-/m0/s1. The van der Waals surface area contributed by atoms with Gasteiger partial charge >= 0.3 is 0 Å². The molecule has 0 aliphatic carbocycles. The zero-order valence-corrected chi connectivity index (χ0v) is 19.1. The molecule has 1 aliphatic heterocycles. The molecule has 3 atom stereocenters. The molecule has 0 radical (unpaired) electrons. The smallest absolute Gasteiger partial charge is 0.243 e. The minimum atomic E-state index is -0.996. The number of nitrogens with two attached hydrogens (primary N) is 1. The number of nitrogens with one attached hydrogen (secondary N) is 2. The molecular weight excluding hydrogens is 436 g/mol. The zero-order valence-electron chi connectivity index (χ0n) is 18.2. The Labute approximate surface area is 190 Å². The molecule has 1 fully saturated rings. The zero-order chi connectivity index (χ0) is 23.3. The third-order valence-corrected chi connectivity index (χ3v) is 6.61. The fourth-order valence-corrected chi connectivity index (χ4v) is 4.63. The summed E-state index contributed by atoms with van der Waals surface area (Å²) in [6.45, 7) is 4.57. The molecule has 3 rings (SSSR count). The number of nitrogens with zero attached hydrogens (tertiary/aromatic N) is 2. The Bertz CT molecular complexity index is 944. The first-order chi connectivity index (χ1) is 15.2. The molecule has 1 aromatic carbocycles. The van der Waals surface area contributed by atoms with Crippen LogP contribution in [0.15, 0.2) is 24.4 Å². The summed E-state index contributed by atoms with van der Waals surface area (Å²) < 4.78 is 27.0. The molecule has 10 heteroatoms.